The first-order valence-electron chi connectivity index (χ1n) is 32.9. The molecule has 14 aromatic rings. The zero-order chi connectivity index (χ0) is 59.3. The fourth-order valence-electron chi connectivity index (χ4n) is 15.3. The lowest BCUT2D eigenvalue weighted by Crippen LogP contribution is -2.25. The van der Waals surface area contributed by atoms with E-state index in [-0.39, 0.29) is 5.41 Å². The van der Waals surface area contributed by atoms with Gasteiger partial charge in [0.2, 0.25) is 0 Å². The van der Waals surface area contributed by atoms with E-state index in [1.807, 2.05) is 11.3 Å². The van der Waals surface area contributed by atoms with E-state index >= 15 is 0 Å². The van der Waals surface area contributed by atoms with E-state index in [9.17, 15) is 0 Å². The van der Waals surface area contributed by atoms with Crippen LogP contribution in [-0.4, -0.2) is 9.13 Å². The zero-order valence-electron chi connectivity index (χ0n) is 51.6. The van der Waals surface area contributed by atoms with Gasteiger partial charge < -0.3 is 9.13 Å². The van der Waals surface area contributed by atoms with E-state index in [1.165, 1.54) is 237 Å². The summed E-state index contributed by atoms with van der Waals surface area (Å²) in [4.78, 5) is 0. The molecule has 15 rings (SSSR count). The number of nitrogens with zero attached hydrogens (tertiary/aromatic N) is 2. The van der Waals surface area contributed by atoms with Crippen LogP contribution in [0, 0.1) is 13.8 Å². The fraction of sp³-hybridized carbons (Fsp3) is 0.224. The molecule has 3 heteroatoms. The minimum atomic E-state index is -0.0818. The number of rotatable bonds is 20. The van der Waals surface area contributed by atoms with E-state index in [4.69, 9.17) is 0 Å². The molecule has 0 bridgehead atoms. The van der Waals surface area contributed by atoms with Gasteiger partial charge in [-0.15, -0.1) is 11.3 Å². The molecule has 0 saturated carbocycles. The lowest BCUT2D eigenvalue weighted by molar-refractivity contribution is 0.398. The molecule has 0 N–H and O–H groups in total. The number of aryl methyl sites for hydroxylation is 2. The Balaban J connectivity index is 0.863. The number of hydrogen-bond acceptors (Lipinski definition) is 1. The maximum Gasteiger partial charge on any atom is 0.0719 e. The van der Waals surface area contributed by atoms with Gasteiger partial charge in [0.1, 0.15) is 0 Å². The van der Waals surface area contributed by atoms with Crippen LogP contribution in [0.3, 0.4) is 0 Å². The number of para-hydroxylation sites is 2. The molecule has 3 aromatic heterocycles. The molecule has 1 aliphatic carbocycles. The van der Waals surface area contributed by atoms with Crippen molar-refractivity contribution >= 4 is 75.1 Å². The van der Waals surface area contributed by atoms with Crippen LogP contribution in [0.25, 0.3) is 131 Å². The topological polar surface area (TPSA) is 9.86 Å². The molecule has 1 aliphatic rings. The average molecular weight is 1160 g/mol. The van der Waals surface area contributed by atoms with Crippen LogP contribution in [-0.2, 0) is 5.41 Å². The molecule has 0 radical (unpaired) electrons. The second kappa shape index (κ2) is 23.7. The minimum absolute atomic E-state index is 0.0818. The van der Waals surface area contributed by atoms with Crippen LogP contribution in [0.1, 0.15) is 126 Å². The molecule has 2 nitrogen and oxygen atoms in total. The molecule has 11 aromatic carbocycles. The summed E-state index contributed by atoms with van der Waals surface area (Å²) in [5.74, 6) is 0. The Labute approximate surface area is 523 Å². The summed E-state index contributed by atoms with van der Waals surface area (Å²) < 4.78 is 7.67. The van der Waals surface area contributed by atoms with Gasteiger partial charge in [-0.2, -0.15) is 0 Å². The van der Waals surface area contributed by atoms with E-state index in [0.29, 0.717) is 0 Å². The van der Waals surface area contributed by atoms with Crippen molar-refractivity contribution in [3.63, 3.8) is 0 Å². The Morgan fingerprint density at radius 2 is 0.807 bits per heavy atom. The summed E-state index contributed by atoms with van der Waals surface area (Å²) >= 11 is 1.93. The Hall–Kier alpha value is -8.76. The van der Waals surface area contributed by atoms with Crippen LogP contribution >= 0.6 is 11.3 Å². The summed E-state index contributed by atoms with van der Waals surface area (Å²) in [7, 11) is 0. The third-order valence-electron chi connectivity index (χ3n) is 19.8. The second-order valence-electron chi connectivity index (χ2n) is 25.6. The molecule has 0 spiro atoms. The van der Waals surface area contributed by atoms with Crippen molar-refractivity contribution in [1.29, 1.82) is 0 Å². The molecule has 3 heterocycles. The highest BCUT2D eigenvalue weighted by Gasteiger charge is 2.43. The van der Waals surface area contributed by atoms with Crippen molar-refractivity contribution < 1.29 is 0 Å². The lowest BCUT2D eigenvalue weighted by Gasteiger charge is -2.33. The van der Waals surface area contributed by atoms with Gasteiger partial charge in [-0.1, -0.05) is 254 Å². The van der Waals surface area contributed by atoms with Crippen molar-refractivity contribution in [1.82, 2.24) is 9.13 Å². The van der Waals surface area contributed by atoms with Gasteiger partial charge in [0.15, 0.2) is 0 Å². The summed E-state index contributed by atoms with van der Waals surface area (Å²) in [5, 5.41) is 7.73. The van der Waals surface area contributed by atoms with Crippen molar-refractivity contribution in [2.45, 2.75) is 123 Å². The molecule has 0 amide bonds. The predicted octanol–water partition coefficient (Wildman–Crippen LogP) is 25.3. The van der Waals surface area contributed by atoms with Gasteiger partial charge in [0.25, 0.3) is 0 Å². The third-order valence-corrected chi connectivity index (χ3v) is 21.0. The van der Waals surface area contributed by atoms with Gasteiger partial charge in [-0.3, -0.25) is 0 Å². The van der Waals surface area contributed by atoms with Crippen LogP contribution in [0.2, 0.25) is 0 Å². The highest BCUT2D eigenvalue weighted by atomic mass is 32.1. The normalized spacial score (nSPS) is 12.8. The van der Waals surface area contributed by atoms with Crippen LogP contribution in [0.5, 0.6) is 0 Å². The number of benzene rings is 11. The SMILES string of the molecule is CCCCCCCCC1(CCCCCCCC)c2cc(-c3ccc(-c4ccc(C)cc4)cc3)ccc2-c2ccc(-c3cc(C)cc(-n4c5ccc(-c6ccc7c(c6)c6ccccc6n7-c6ccccc6)cc5c5ccc6c7ccccc7sc6c54)c3)cc21. The van der Waals surface area contributed by atoms with E-state index in [0.717, 1.165) is 0 Å². The standard InChI is InChI=1S/C85H78N2S/c1-5-7-9-11-13-22-48-85(49-23-14-12-10-8-6-2)77-55-64(61-36-34-60(35-37-61)59-32-30-57(3)31-33-59)38-42-69(77)70-43-39-65(56-78(70)85)66-50-58(4)51-68(52-66)87-81-47-41-63(54-76(81)73-44-45-74-72-27-19-21-29-82(72)88-84(74)83(73)87)62-40-46-80-75(53-62)71-26-18-20-28-79(71)86(80)67-24-16-15-17-25-67/h15-21,24-47,50-56H,5-14,22-23,48-49H2,1-4H3. The quantitative estimate of drug-likeness (QED) is 0.0673. The number of hydrogen-bond donors (Lipinski definition) is 0. The van der Waals surface area contributed by atoms with Gasteiger partial charge in [-0.25, -0.2) is 0 Å². The maximum atomic E-state index is 2.66. The Bertz CT molecular complexity index is 4880. The van der Waals surface area contributed by atoms with Crippen molar-refractivity contribution in [2.24, 2.45) is 0 Å². The van der Waals surface area contributed by atoms with Gasteiger partial charge in [0, 0.05) is 53.8 Å². The van der Waals surface area contributed by atoms with Crippen molar-refractivity contribution in [2.75, 3.05) is 0 Å². The first-order chi connectivity index (χ1) is 43.3. The number of thiophene rings is 1. The third kappa shape index (κ3) is 9.97. The monoisotopic (exact) mass is 1160 g/mol. The molecule has 0 fully saturated rings. The van der Waals surface area contributed by atoms with Gasteiger partial charge in [-0.05, 0) is 172 Å². The van der Waals surface area contributed by atoms with Crippen molar-refractivity contribution in [3.8, 4) is 67.0 Å². The number of fused-ring (bicyclic) bond motifs is 13. The molecule has 0 aliphatic heterocycles. The Morgan fingerprint density at radius 1 is 0.318 bits per heavy atom. The molecular weight excluding hydrogens is 1080 g/mol. The molecule has 0 saturated heterocycles. The predicted molar refractivity (Wildman–Crippen MR) is 381 cm³/mol. The first-order valence-corrected chi connectivity index (χ1v) is 33.7. The molecular formula is C85H78N2S. The highest BCUT2D eigenvalue weighted by molar-refractivity contribution is 7.26. The summed E-state index contributed by atoms with van der Waals surface area (Å²) in [6.45, 7) is 9.14. The molecule has 434 valence electrons. The lowest BCUT2D eigenvalue weighted by atomic mass is 9.70. The van der Waals surface area contributed by atoms with Gasteiger partial charge in [0.05, 0.1) is 26.8 Å². The van der Waals surface area contributed by atoms with E-state index in [1.54, 1.807) is 5.56 Å². The van der Waals surface area contributed by atoms with Crippen LogP contribution in [0.4, 0.5) is 0 Å². The van der Waals surface area contributed by atoms with Crippen LogP contribution in [0.15, 0.2) is 231 Å². The average Bonchev–Trinajstić information content (AvgIpc) is 1.85. The number of aromatic nitrogens is 2. The molecule has 88 heavy (non-hydrogen) atoms. The Morgan fingerprint density at radius 3 is 1.47 bits per heavy atom. The summed E-state index contributed by atoms with van der Waals surface area (Å²) in [6, 6.07) is 88.5. The minimum Gasteiger partial charge on any atom is -0.309 e. The first kappa shape index (κ1) is 55.8. The summed E-state index contributed by atoms with van der Waals surface area (Å²) in [5.41, 5.74) is 25.9. The molecule has 0 unspecified atom stereocenters. The van der Waals surface area contributed by atoms with Crippen molar-refractivity contribution in [3.05, 3.63) is 253 Å². The van der Waals surface area contributed by atoms with Crippen LogP contribution < -0.4 is 0 Å². The van der Waals surface area contributed by atoms with E-state index < -0.39 is 0 Å². The number of unbranched alkanes of at least 4 members (excludes halogenated alkanes) is 10. The largest absolute Gasteiger partial charge is 0.309 e. The van der Waals surface area contributed by atoms with E-state index in [2.05, 4.69) is 267 Å². The maximum absolute atomic E-state index is 2.66. The van der Waals surface area contributed by atoms with Gasteiger partial charge >= 0.3 is 0 Å². The second-order valence-corrected chi connectivity index (χ2v) is 26.6. The molecule has 0 atom stereocenters. The smallest absolute Gasteiger partial charge is 0.0719 e. The highest BCUT2D eigenvalue weighted by Crippen LogP contribution is 2.56. The zero-order valence-corrected chi connectivity index (χ0v) is 52.5. The Kier molecular flexibility index (Phi) is 15.0. The fourth-order valence-corrected chi connectivity index (χ4v) is 16.6. The summed E-state index contributed by atoms with van der Waals surface area (Å²) in [6.07, 6.45) is 17.9.